The van der Waals surface area contributed by atoms with Crippen LogP contribution in [0.5, 0.6) is 0 Å². The molecule has 0 fully saturated rings. The van der Waals surface area contributed by atoms with Crippen LogP contribution < -0.4 is 9.80 Å². The Morgan fingerprint density at radius 2 is 1.25 bits per heavy atom. The topological polar surface area (TPSA) is 32.5 Å². The van der Waals surface area contributed by atoms with Crippen molar-refractivity contribution in [3.63, 3.8) is 0 Å². The highest BCUT2D eigenvalue weighted by atomic mass is 16.3. The van der Waals surface area contributed by atoms with Crippen molar-refractivity contribution in [1.82, 2.24) is 4.98 Å². The molecule has 0 radical (unpaired) electrons. The van der Waals surface area contributed by atoms with Crippen molar-refractivity contribution in [1.29, 1.82) is 0 Å². The number of oxazole rings is 1. The van der Waals surface area contributed by atoms with Crippen LogP contribution >= 0.6 is 0 Å². The summed E-state index contributed by atoms with van der Waals surface area (Å²) in [6.07, 6.45) is 7.15. The van der Waals surface area contributed by atoms with Crippen LogP contribution in [0.2, 0.25) is 0 Å². The van der Waals surface area contributed by atoms with E-state index in [-0.39, 0.29) is 12.0 Å². The quantitative estimate of drug-likeness (QED) is 0.172. The van der Waals surface area contributed by atoms with Crippen molar-refractivity contribution in [2.45, 2.75) is 12.0 Å². The molecule has 0 N–H and O–H groups in total. The molecule has 2 atom stereocenters. The Morgan fingerprint density at radius 3 is 2.11 bits per heavy atom. The smallest absolute Gasteiger partial charge is 0.227 e. The predicted molar refractivity (Wildman–Crippen MR) is 227 cm³/mol. The van der Waals surface area contributed by atoms with Crippen molar-refractivity contribution in [3.8, 4) is 22.6 Å². The molecule has 0 amide bonds. The number of hydrogen-bond donors (Lipinski definition) is 0. The lowest BCUT2D eigenvalue weighted by Gasteiger charge is -2.34. The van der Waals surface area contributed by atoms with Gasteiger partial charge in [0.1, 0.15) is 5.52 Å². The van der Waals surface area contributed by atoms with Gasteiger partial charge >= 0.3 is 0 Å². The van der Waals surface area contributed by atoms with E-state index in [9.17, 15) is 0 Å². The molecular formula is C51H35N3O. The molecule has 260 valence electrons. The lowest BCUT2D eigenvalue weighted by atomic mass is 9.90. The minimum absolute atomic E-state index is 0.116. The maximum absolute atomic E-state index is 6.43. The molecule has 4 heteroatoms. The molecule has 8 aromatic carbocycles. The summed E-state index contributed by atoms with van der Waals surface area (Å²) in [5.74, 6) is 0.875. The van der Waals surface area contributed by atoms with E-state index in [1.54, 1.807) is 0 Å². The fourth-order valence-corrected chi connectivity index (χ4v) is 8.54. The van der Waals surface area contributed by atoms with Crippen LogP contribution in [0.3, 0.4) is 0 Å². The number of aromatic nitrogens is 1. The normalized spacial score (nSPS) is 16.0. The minimum Gasteiger partial charge on any atom is -0.435 e. The fourth-order valence-electron chi connectivity index (χ4n) is 8.54. The summed E-state index contributed by atoms with van der Waals surface area (Å²) in [6, 6.07) is 64.9. The van der Waals surface area contributed by atoms with Crippen molar-refractivity contribution >= 4 is 55.4 Å². The highest BCUT2D eigenvalue weighted by molar-refractivity contribution is 6.05. The Kier molecular flexibility index (Phi) is 7.27. The molecule has 0 bridgehead atoms. The van der Waals surface area contributed by atoms with E-state index in [2.05, 4.69) is 180 Å². The number of allylic oxidation sites excluding steroid dienone is 1. The first-order valence-corrected chi connectivity index (χ1v) is 18.9. The molecule has 0 saturated heterocycles. The summed E-state index contributed by atoms with van der Waals surface area (Å²) < 4.78 is 6.43. The average Bonchev–Trinajstić information content (AvgIpc) is 3.84. The zero-order valence-corrected chi connectivity index (χ0v) is 30.0. The van der Waals surface area contributed by atoms with Crippen LogP contribution in [-0.4, -0.2) is 11.0 Å². The van der Waals surface area contributed by atoms with Crippen molar-refractivity contribution in [3.05, 3.63) is 211 Å². The number of fused-ring (bicyclic) bond motifs is 7. The van der Waals surface area contributed by atoms with Gasteiger partial charge in [0.15, 0.2) is 5.58 Å². The maximum atomic E-state index is 6.43. The molecule has 55 heavy (non-hydrogen) atoms. The summed E-state index contributed by atoms with van der Waals surface area (Å²) in [6.45, 7) is 0. The summed E-state index contributed by atoms with van der Waals surface area (Å²) >= 11 is 0. The monoisotopic (exact) mass is 705 g/mol. The van der Waals surface area contributed by atoms with Gasteiger partial charge in [-0.2, -0.15) is 0 Å². The maximum Gasteiger partial charge on any atom is 0.227 e. The third-order valence-corrected chi connectivity index (χ3v) is 11.2. The van der Waals surface area contributed by atoms with Crippen molar-refractivity contribution in [2.75, 3.05) is 9.80 Å². The molecule has 2 heterocycles. The van der Waals surface area contributed by atoms with Crippen molar-refractivity contribution < 1.29 is 4.42 Å². The average molecular weight is 706 g/mol. The van der Waals surface area contributed by atoms with Gasteiger partial charge < -0.3 is 14.2 Å². The molecule has 1 aliphatic carbocycles. The van der Waals surface area contributed by atoms with Crippen LogP contribution in [0.1, 0.15) is 11.5 Å². The second-order valence-electron chi connectivity index (χ2n) is 14.4. The van der Waals surface area contributed by atoms with Crippen LogP contribution in [0.4, 0.5) is 22.7 Å². The first kappa shape index (κ1) is 31.4. The van der Waals surface area contributed by atoms with Gasteiger partial charge in [0.25, 0.3) is 0 Å². The van der Waals surface area contributed by atoms with Gasteiger partial charge in [0, 0.05) is 45.3 Å². The summed E-state index contributed by atoms with van der Waals surface area (Å²) in [5.41, 5.74) is 12.1. The SMILES string of the molecule is C1=CC2c3ccccc3N(c3ccccc3)C2C=C1N(c1ccc(-c2ccc3ccccc3c2)cc1)c1ccc2c(ccc3nc(-c4ccccc4)oc32)c1. The number of benzene rings is 8. The minimum atomic E-state index is 0.116. The summed E-state index contributed by atoms with van der Waals surface area (Å²) in [5, 5.41) is 4.62. The van der Waals surface area contributed by atoms with Gasteiger partial charge in [0.05, 0.1) is 6.04 Å². The molecule has 11 rings (SSSR count). The number of rotatable bonds is 6. The Balaban J connectivity index is 1.04. The van der Waals surface area contributed by atoms with Gasteiger partial charge in [-0.05, 0) is 118 Å². The fraction of sp³-hybridized carbons (Fsp3) is 0.0392. The third-order valence-electron chi connectivity index (χ3n) is 11.2. The number of para-hydroxylation sites is 2. The molecule has 1 aromatic heterocycles. The van der Waals surface area contributed by atoms with Crippen LogP contribution in [0.25, 0.3) is 55.2 Å². The molecule has 0 spiro atoms. The zero-order valence-electron chi connectivity index (χ0n) is 30.0. The van der Waals surface area contributed by atoms with E-state index in [1.165, 1.54) is 38.8 Å². The van der Waals surface area contributed by atoms with Crippen molar-refractivity contribution in [2.24, 2.45) is 0 Å². The van der Waals surface area contributed by atoms with E-state index in [4.69, 9.17) is 9.40 Å². The van der Waals surface area contributed by atoms with Crippen LogP contribution in [-0.2, 0) is 0 Å². The van der Waals surface area contributed by atoms with E-state index < -0.39 is 0 Å². The lowest BCUT2D eigenvalue weighted by Crippen LogP contribution is -2.31. The molecule has 0 saturated carbocycles. The van der Waals surface area contributed by atoms with Crippen LogP contribution in [0.15, 0.2) is 210 Å². The standard InChI is InChI=1S/C51H35N3O/c1-3-12-36(13-4-1)51-52-47-30-23-39-32-42(26-28-44(39)50(47)55-51)53(41-24-21-35(22-25-41)38-20-19-34-11-7-8-14-37(34)31-38)43-27-29-46-45-17-9-10-18-48(45)54(49(46)33-43)40-15-5-2-6-16-40/h1-33,46,49H. The van der Waals surface area contributed by atoms with Crippen LogP contribution in [0, 0.1) is 0 Å². The predicted octanol–water partition coefficient (Wildman–Crippen LogP) is 13.4. The first-order chi connectivity index (χ1) is 27.2. The van der Waals surface area contributed by atoms with Gasteiger partial charge in [-0.1, -0.05) is 115 Å². The number of nitrogens with zero attached hydrogens (tertiary/aromatic N) is 3. The highest BCUT2D eigenvalue weighted by Crippen LogP contribution is 2.49. The number of anilines is 4. The molecule has 1 aliphatic heterocycles. The molecular weight excluding hydrogens is 671 g/mol. The van der Waals surface area contributed by atoms with Gasteiger partial charge in [-0.15, -0.1) is 0 Å². The zero-order chi connectivity index (χ0) is 36.3. The highest BCUT2D eigenvalue weighted by Gasteiger charge is 2.39. The largest absolute Gasteiger partial charge is 0.435 e. The van der Waals surface area contributed by atoms with Gasteiger partial charge in [-0.3, -0.25) is 0 Å². The van der Waals surface area contributed by atoms with E-state index in [0.717, 1.165) is 44.5 Å². The summed E-state index contributed by atoms with van der Waals surface area (Å²) in [7, 11) is 0. The van der Waals surface area contributed by atoms with Gasteiger partial charge in [-0.25, -0.2) is 4.98 Å². The Hall–Kier alpha value is -7.17. The number of hydrogen-bond acceptors (Lipinski definition) is 4. The molecule has 9 aromatic rings. The second-order valence-corrected chi connectivity index (χ2v) is 14.4. The first-order valence-electron chi connectivity index (χ1n) is 18.9. The molecule has 2 aliphatic rings. The second kappa shape index (κ2) is 12.8. The molecule has 4 nitrogen and oxygen atoms in total. The Labute approximate surface area is 319 Å². The Morgan fingerprint density at radius 1 is 0.545 bits per heavy atom. The van der Waals surface area contributed by atoms with E-state index in [1.807, 2.05) is 30.3 Å². The summed E-state index contributed by atoms with van der Waals surface area (Å²) in [4.78, 5) is 9.73. The lowest BCUT2D eigenvalue weighted by molar-refractivity contribution is 0.623. The Bertz CT molecular complexity index is 2940. The molecule has 2 unspecified atom stereocenters. The van der Waals surface area contributed by atoms with E-state index in [0.29, 0.717) is 5.89 Å². The van der Waals surface area contributed by atoms with Gasteiger partial charge in [0.2, 0.25) is 5.89 Å². The third kappa shape index (κ3) is 5.33. The van der Waals surface area contributed by atoms with E-state index >= 15 is 0 Å².